The molecule has 35 heavy (non-hydrogen) atoms. The molecule has 0 fully saturated rings. The van der Waals surface area contributed by atoms with E-state index in [0.29, 0.717) is 5.56 Å². The van der Waals surface area contributed by atoms with E-state index in [9.17, 15) is 14.4 Å². The molecule has 176 valence electrons. The quantitative estimate of drug-likeness (QED) is 0.217. The van der Waals surface area contributed by atoms with E-state index >= 15 is 0 Å². The van der Waals surface area contributed by atoms with E-state index in [1.165, 1.54) is 16.5 Å². The number of carbonyl (C=O) groups excluding carboxylic acids is 3. The van der Waals surface area contributed by atoms with Crippen LogP contribution in [0.5, 0.6) is 0 Å². The average molecular weight is 470 g/mol. The fourth-order valence-electron chi connectivity index (χ4n) is 3.49. The maximum atomic E-state index is 13.2. The van der Waals surface area contributed by atoms with Gasteiger partial charge in [0, 0.05) is 18.2 Å². The molecule has 0 saturated carbocycles. The number of para-hydroxylation sites is 2. The summed E-state index contributed by atoms with van der Waals surface area (Å²) in [5.74, 6) is -1.12. The van der Waals surface area contributed by atoms with Crippen LogP contribution in [-0.4, -0.2) is 37.5 Å². The lowest BCUT2D eigenvalue weighted by molar-refractivity contribution is -0.124. The predicted octanol–water partition coefficient (Wildman–Crippen LogP) is 3.56. The molecular weight excluding hydrogens is 446 g/mol. The molecule has 1 heterocycles. The van der Waals surface area contributed by atoms with Crippen molar-refractivity contribution in [1.82, 2.24) is 25.2 Å². The van der Waals surface area contributed by atoms with Crippen LogP contribution in [0.2, 0.25) is 0 Å². The molecule has 0 aliphatic carbocycles. The van der Waals surface area contributed by atoms with Gasteiger partial charge in [0.1, 0.15) is 6.67 Å². The predicted molar refractivity (Wildman–Crippen MR) is 130 cm³/mol. The van der Waals surface area contributed by atoms with Crippen molar-refractivity contribution in [3.63, 3.8) is 0 Å². The normalized spacial score (nSPS) is 10.9. The van der Waals surface area contributed by atoms with Crippen molar-refractivity contribution in [2.75, 3.05) is 0 Å². The number of aromatic nitrogens is 2. The number of imidazole rings is 1. The van der Waals surface area contributed by atoms with Gasteiger partial charge in [-0.25, -0.2) is 15.3 Å². The summed E-state index contributed by atoms with van der Waals surface area (Å²) >= 11 is 0. The Morgan fingerprint density at radius 2 is 1.66 bits per heavy atom. The number of benzene rings is 3. The van der Waals surface area contributed by atoms with E-state index in [1.807, 2.05) is 41.0 Å². The molecule has 0 radical (unpaired) electrons. The number of hydroxylamine groups is 1. The summed E-state index contributed by atoms with van der Waals surface area (Å²) in [5.41, 5.74) is 5.15. The Morgan fingerprint density at radius 1 is 0.943 bits per heavy atom. The third-order valence-electron chi connectivity index (χ3n) is 5.28. The van der Waals surface area contributed by atoms with Crippen LogP contribution in [0.4, 0.5) is 4.79 Å². The largest absolute Gasteiger partial charge is 0.326 e. The topological polar surface area (TPSA) is 117 Å². The van der Waals surface area contributed by atoms with Crippen molar-refractivity contribution in [3.8, 4) is 0 Å². The van der Waals surface area contributed by atoms with Crippen molar-refractivity contribution >= 4 is 35.0 Å². The number of imide groups is 1. The first-order valence-electron chi connectivity index (χ1n) is 10.8. The molecule has 4 amide bonds. The summed E-state index contributed by atoms with van der Waals surface area (Å²) < 4.78 is 1.84. The van der Waals surface area contributed by atoms with E-state index < -0.39 is 17.8 Å². The van der Waals surface area contributed by atoms with E-state index in [0.717, 1.165) is 22.2 Å². The standard InChI is InChI=1S/C26H23N5O4/c32-24(29-35)15-14-19-10-12-20(13-11-19)16-30(18-31-17-27-22-8-4-5-9-23(22)31)26(34)28-25(33)21-6-2-1-3-7-21/h1-15,17,35H,16,18H2,(H,29,32)(H,28,33,34). The molecule has 3 aromatic carbocycles. The van der Waals surface area contributed by atoms with Crippen LogP contribution >= 0.6 is 0 Å². The van der Waals surface area contributed by atoms with Crippen LogP contribution in [0.25, 0.3) is 17.1 Å². The lowest BCUT2D eigenvalue weighted by atomic mass is 10.1. The summed E-state index contributed by atoms with van der Waals surface area (Å²) in [4.78, 5) is 42.8. The summed E-state index contributed by atoms with van der Waals surface area (Å²) in [7, 11) is 0. The first kappa shape index (κ1) is 23.4. The van der Waals surface area contributed by atoms with Crippen LogP contribution in [0.3, 0.4) is 0 Å². The lowest BCUT2D eigenvalue weighted by Crippen LogP contribution is -2.43. The maximum absolute atomic E-state index is 13.2. The zero-order chi connectivity index (χ0) is 24.6. The zero-order valence-corrected chi connectivity index (χ0v) is 18.7. The minimum atomic E-state index is -0.632. The van der Waals surface area contributed by atoms with Gasteiger partial charge >= 0.3 is 6.03 Å². The first-order valence-corrected chi connectivity index (χ1v) is 10.8. The highest BCUT2D eigenvalue weighted by Gasteiger charge is 2.19. The summed E-state index contributed by atoms with van der Waals surface area (Å²) in [6.07, 6.45) is 4.41. The number of hydrogen-bond acceptors (Lipinski definition) is 5. The van der Waals surface area contributed by atoms with Crippen molar-refractivity contribution < 1.29 is 19.6 Å². The van der Waals surface area contributed by atoms with Gasteiger partial charge in [-0.05, 0) is 41.5 Å². The van der Waals surface area contributed by atoms with Gasteiger partial charge in [-0.2, -0.15) is 0 Å². The second-order valence-corrected chi connectivity index (χ2v) is 7.72. The van der Waals surface area contributed by atoms with Gasteiger partial charge in [0.25, 0.3) is 11.8 Å². The Hall–Kier alpha value is -4.76. The lowest BCUT2D eigenvalue weighted by Gasteiger charge is -2.24. The molecule has 0 unspecified atom stereocenters. The Morgan fingerprint density at radius 3 is 2.40 bits per heavy atom. The van der Waals surface area contributed by atoms with Gasteiger partial charge in [0.15, 0.2) is 0 Å². The van der Waals surface area contributed by atoms with Gasteiger partial charge in [-0.15, -0.1) is 0 Å². The fourth-order valence-corrected chi connectivity index (χ4v) is 3.49. The molecule has 4 aromatic rings. The van der Waals surface area contributed by atoms with E-state index in [4.69, 9.17) is 5.21 Å². The smallest absolute Gasteiger partial charge is 0.312 e. The molecule has 9 nitrogen and oxygen atoms in total. The summed E-state index contributed by atoms with van der Waals surface area (Å²) in [6, 6.07) is 22.8. The third-order valence-corrected chi connectivity index (χ3v) is 5.28. The van der Waals surface area contributed by atoms with E-state index in [-0.39, 0.29) is 13.2 Å². The molecule has 3 N–H and O–H groups in total. The minimum Gasteiger partial charge on any atom is -0.312 e. The van der Waals surface area contributed by atoms with Crippen LogP contribution < -0.4 is 10.8 Å². The van der Waals surface area contributed by atoms with Crippen LogP contribution in [0.15, 0.2) is 91.3 Å². The molecular formula is C26H23N5O4. The highest BCUT2D eigenvalue weighted by atomic mass is 16.5. The molecule has 0 atom stereocenters. The molecule has 0 saturated heterocycles. The van der Waals surface area contributed by atoms with Gasteiger partial charge in [0.2, 0.25) is 0 Å². The number of rotatable bonds is 7. The Bertz CT molecular complexity index is 1360. The van der Waals surface area contributed by atoms with Crippen molar-refractivity contribution in [2.24, 2.45) is 0 Å². The van der Waals surface area contributed by atoms with Crippen LogP contribution in [0.1, 0.15) is 21.5 Å². The molecule has 0 bridgehead atoms. The fraction of sp³-hybridized carbons (Fsp3) is 0.0769. The van der Waals surface area contributed by atoms with E-state index in [1.54, 1.807) is 54.9 Å². The molecule has 1 aromatic heterocycles. The van der Waals surface area contributed by atoms with Crippen molar-refractivity contribution in [1.29, 1.82) is 0 Å². The zero-order valence-electron chi connectivity index (χ0n) is 18.7. The Labute approximate surface area is 201 Å². The SMILES string of the molecule is O=C(C=Cc1ccc(CN(Cn2cnc3ccccc32)C(=O)NC(=O)c2ccccc2)cc1)NO. The average Bonchev–Trinajstić information content (AvgIpc) is 3.30. The van der Waals surface area contributed by atoms with Gasteiger partial charge < -0.3 is 9.47 Å². The molecule has 0 aliphatic heterocycles. The van der Waals surface area contributed by atoms with Gasteiger partial charge in [-0.3, -0.25) is 20.1 Å². The highest BCUT2D eigenvalue weighted by molar-refractivity contribution is 6.04. The van der Waals surface area contributed by atoms with Crippen LogP contribution in [0, 0.1) is 0 Å². The Balaban J connectivity index is 1.54. The number of fused-ring (bicyclic) bond motifs is 1. The molecule has 0 aliphatic rings. The number of hydrogen-bond donors (Lipinski definition) is 3. The summed E-state index contributed by atoms with van der Waals surface area (Å²) in [6.45, 7) is 0.397. The van der Waals surface area contributed by atoms with Crippen molar-refractivity contribution in [3.05, 3.63) is 108 Å². The third kappa shape index (κ3) is 5.98. The Kier molecular flexibility index (Phi) is 7.29. The number of nitrogens with zero attached hydrogens (tertiary/aromatic N) is 3. The second kappa shape index (κ2) is 10.9. The highest BCUT2D eigenvalue weighted by Crippen LogP contribution is 2.15. The van der Waals surface area contributed by atoms with Crippen molar-refractivity contribution in [2.45, 2.75) is 13.2 Å². The number of amides is 4. The van der Waals surface area contributed by atoms with Crippen LogP contribution in [-0.2, 0) is 18.0 Å². The number of carbonyl (C=O) groups is 3. The molecule has 4 rings (SSSR count). The molecule has 9 heteroatoms. The number of urea groups is 1. The maximum Gasteiger partial charge on any atom is 0.326 e. The number of nitrogens with one attached hydrogen (secondary N) is 2. The monoisotopic (exact) mass is 469 g/mol. The molecule has 0 spiro atoms. The minimum absolute atomic E-state index is 0.173. The van der Waals surface area contributed by atoms with Gasteiger partial charge in [-0.1, -0.05) is 54.6 Å². The van der Waals surface area contributed by atoms with Gasteiger partial charge in [0.05, 0.1) is 17.4 Å². The van der Waals surface area contributed by atoms with E-state index in [2.05, 4.69) is 10.3 Å². The summed E-state index contributed by atoms with van der Waals surface area (Å²) in [5, 5.41) is 11.1. The first-order chi connectivity index (χ1) is 17.0. The second-order valence-electron chi connectivity index (χ2n) is 7.72.